The molecule has 0 saturated carbocycles. The molecule has 0 bridgehead atoms. The molecule has 13 heavy (non-hydrogen) atoms. The van der Waals surface area contributed by atoms with Crippen LogP contribution in [0.3, 0.4) is 0 Å². The van der Waals surface area contributed by atoms with Crippen LogP contribution in [0.25, 0.3) is 0 Å². The zero-order chi connectivity index (χ0) is 10.8. The Hall–Kier alpha value is -0.320. The maximum atomic E-state index is 12.2. The van der Waals surface area contributed by atoms with Crippen LogP contribution in [0.5, 0.6) is 0 Å². The highest BCUT2D eigenvalue weighted by molar-refractivity contribution is 7.80. The number of halogens is 3. The van der Waals surface area contributed by atoms with Gasteiger partial charge in [0.25, 0.3) is 0 Å². The molecule has 0 radical (unpaired) electrons. The minimum atomic E-state index is -4.40. The van der Waals surface area contributed by atoms with Gasteiger partial charge < -0.3 is 4.90 Å². The standard InChI is InChI=1S/C8H14F3NS/c1-5(2)12(6(3)4)7(13)8(9,10)11/h5-6H,1-4H3. The Kier molecular flexibility index (Phi) is 4.16. The van der Waals surface area contributed by atoms with Gasteiger partial charge in [-0.25, -0.2) is 0 Å². The number of hydrogen-bond acceptors (Lipinski definition) is 1. The van der Waals surface area contributed by atoms with E-state index >= 15 is 0 Å². The van der Waals surface area contributed by atoms with Crippen LogP contribution in [0.1, 0.15) is 27.7 Å². The molecule has 0 aromatic rings. The summed E-state index contributed by atoms with van der Waals surface area (Å²) >= 11 is 4.37. The molecule has 0 saturated heterocycles. The molecule has 5 heteroatoms. The van der Waals surface area contributed by atoms with Crippen LogP contribution in [-0.4, -0.2) is 28.1 Å². The summed E-state index contributed by atoms with van der Waals surface area (Å²) in [5, 5.41) is 0. The predicted molar refractivity (Wildman–Crippen MR) is 50.8 cm³/mol. The second kappa shape index (κ2) is 4.26. The van der Waals surface area contributed by atoms with Gasteiger partial charge in [0.2, 0.25) is 0 Å². The van der Waals surface area contributed by atoms with E-state index in [0.29, 0.717) is 0 Å². The number of thiocarbonyl (C=S) groups is 1. The van der Waals surface area contributed by atoms with Crippen LogP contribution in [0, 0.1) is 0 Å². The van der Waals surface area contributed by atoms with E-state index in [1.165, 1.54) is 4.90 Å². The molecule has 1 nitrogen and oxygen atoms in total. The molecule has 78 valence electrons. The smallest absolute Gasteiger partial charge is 0.354 e. The molecule has 0 amide bonds. The van der Waals surface area contributed by atoms with Crippen LogP contribution >= 0.6 is 12.2 Å². The number of nitrogens with zero attached hydrogens (tertiary/aromatic N) is 1. The van der Waals surface area contributed by atoms with E-state index < -0.39 is 11.2 Å². The van der Waals surface area contributed by atoms with E-state index in [2.05, 4.69) is 12.2 Å². The Labute approximate surface area is 81.9 Å². The maximum Gasteiger partial charge on any atom is 0.441 e. The fourth-order valence-electron chi connectivity index (χ4n) is 1.21. The zero-order valence-corrected chi connectivity index (χ0v) is 8.96. The Morgan fingerprint density at radius 3 is 1.46 bits per heavy atom. The molecule has 0 aromatic heterocycles. The van der Waals surface area contributed by atoms with E-state index in [1.807, 2.05) is 0 Å². The second-order valence-electron chi connectivity index (χ2n) is 3.40. The summed E-state index contributed by atoms with van der Waals surface area (Å²) < 4.78 is 36.7. The van der Waals surface area contributed by atoms with Gasteiger partial charge in [0.05, 0.1) is 0 Å². The normalized spacial score (nSPS) is 12.4. The zero-order valence-electron chi connectivity index (χ0n) is 8.14. The van der Waals surface area contributed by atoms with Crippen molar-refractivity contribution < 1.29 is 13.2 Å². The minimum Gasteiger partial charge on any atom is -0.354 e. The average molecular weight is 213 g/mol. The molecule has 0 fully saturated rings. The van der Waals surface area contributed by atoms with E-state index in [1.54, 1.807) is 27.7 Å². The van der Waals surface area contributed by atoms with Gasteiger partial charge in [0.15, 0.2) is 4.99 Å². The lowest BCUT2D eigenvalue weighted by molar-refractivity contribution is -0.0686. The lowest BCUT2D eigenvalue weighted by atomic mass is 10.2. The number of alkyl halides is 3. The topological polar surface area (TPSA) is 3.24 Å². The highest BCUT2D eigenvalue weighted by atomic mass is 32.1. The van der Waals surface area contributed by atoms with Crippen molar-refractivity contribution in [3.63, 3.8) is 0 Å². The molecule has 0 aliphatic rings. The van der Waals surface area contributed by atoms with Crippen molar-refractivity contribution in [1.82, 2.24) is 4.90 Å². The van der Waals surface area contributed by atoms with Gasteiger partial charge in [-0.2, -0.15) is 13.2 Å². The Balaban J connectivity index is 4.68. The van der Waals surface area contributed by atoms with E-state index in [0.717, 1.165) is 0 Å². The van der Waals surface area contributed by atoms with Gasteiger partial charge >= 0.3 is 6.18 Å². The van der Waals surface area contributed by atoms with Crippen molar-refractivity contribution in [3.05, 3.63) is 0 Å². The summed E-state index contributed by atoms with van der Waals surface area (Å²) in [6, 6.07) is -0.455. The van der Waals surface area contributed by atoms with Gasteiger partial charge in [0, 0.05) is 12.1 Å². The van der Waals surface area contributed by atoms with Crippen molar-refractivity contribution in [2.45, 2.75) is 46.0 Å². The molecule has 0 aliphatic heterocycles. The van der Waals surface area contributed by atoms with E-state index in [-0.39, 0.29) is 12.1 Å². The lowest BCUT2D eigenvalue weighted by Crippen LogP contribution is -2.47. The first-order valence-corrected chi connectivity index (χ1v) is 4.48. The molecule has 0 rings (SSSR count). The Morgan fingerprint density at radius 2 is 1.38 bits per heavy atom. The van der Waals surface area contributed by atoms with Crippen LogP contribution < -0.4 is 0 Å². The summed E-state index contributed by atoms with van der Waals surface area (Å²) in [6.07, 6.45) is -4.40. The van der Waals surface area contributed by atoms with Gasteiger partial charge in [-0.15, -0.1) is 0 Å². The molecular formula is C8H14F3NS. The van der Waals surface area contributed by atoms with Crippen molar-refractivity contribution >= 4 is 17.2 Å². The van der Waals surface area contributed by atoms with Crippen LogP contribution in [0.15, 0.2) is 0 Å². The fourth-order valence-corrected chi connectivity index (χ4v) is 1.63. The van der Waals surface area contributed by atoms with Crippen molar-refractivity contribution in [1.29, 1.82) is 0 Å². The molecule has 0 atom stereocenters. The van der Waals surface area contributed by atoms with Crippen LogP contribution in [-0.2, 0) is 0 Å². The summed E-state index contributed by atoms with van der Waals surface area (Å²) in [5.41, 5.74) is 0. The number of rotatable bonds is 2. The molecule has 0 N–H and O–H groups in total. The van der Waals surface area contributed by atoms with Crippen molar-refractivity contribution in [2.75, 3.05) is 0 Å². The molecule has 0 aliphatic carbocycles. The van der Waals surface area contributed by atoms with Crippen LogP contribution in [0.4, 0.5) is 13.2 Å². The third-order valence-electron chi connectivity index (χ3n) is 1.59. The van der Waals surface area contributed by atoms with Gasteiger partial charge in [-0.05, 0) is 27.7 Å². The van der Waals surface area contributed by atoms with Gasteiger partial charge in [-0.3, -0.25) is 0 Å². The third kappa shape index (κ3) is 3.50. The van der Waals surface area contributed by atoms with E-state index in [9.17, 15) is 13.2 Å². The first-order valence-electron chi connectivity index (χ1n) is 4.07. The lowest BCUT2D eigenvalue weighted by Gasteiger charge is -2.33. The first-order chi connectivity index (χ1) is 5.68. The van der Waals surface area contributed by atoms with Crippen molar-refractivity contribution in [3.8, 4) is 0 Å². The SMILES string of the molecule is CC(C)N(C(=S)C(F)(F)F)C(C)C. The number of hydrogen-bond donors (Lipinski definition) is 0. The molecule has 0 aromatic carbocycles. The quantitative estimate of drug-likeness (QED) is 0.649. The van der Waals surface area contributed by atoms with E-state index in [4.69, 9.17) is 0 Å². The maximum absolute atomic E-state index is 12.2. The highest BCUT2D eigenvalue weighted by Crippen LogP contribution is 2.23. The summed E-state index contributed by atoms with van der Waals surface area (Å²) in [7, 11) is 0. The minimum absolute atomic E-state index is 0.228. The van der Waals surface area contributed by atoms with Crippen LogP contribution in [0.2, 0.25) is 0 Å². The predicted octanol–water partition coefficient (Wildman–Crippen LogP) is 2.99. The fraction of sp³-hybridized carbons (Fsp3) is 0.875. The first kappa shape index (κ1) is 12.7. The summed E-state index contributed by atoms with van der Waals surface area (Å²) in [6.45, 7) is 6.77. The second-order valence-corrected chi connectivity index (χ2v) is 3.78. The Bertz CT molecular complexity index is 178. The van der Waals surface area contributed by atoms with Gasteiger partial charge in [0.1, 0.15) is 0 Å². The highest BCUT2D eigenvalue weighted by Gasteiger charge is 2.39. The summed E-state index contributed by atoms with van der Waals surface area (Å²) in [4.78, 5) is 0.257. The Morgan fingerprint density at radius 1 is 1.08 bits per heavy atom. The summed E-state index contributed by atoms with van der Waals surface area (Å²) in [5.74, 6) is 0. The molecule has 0 unspecified atom stereocenters. The molecular weight excluding hydrogens is 199 g/mol. The van der Waals surface area contributed by atoms with Gasteiger partial charge in [-0.1, -0.05) is 12.2 Å². The largest absolute Gasteiger partial charge is 0.441 e. The molecule has 0 spiro atoms. The third-order valence-corrected chi connectivity index (χ3v) is 2.03. The van der Waals surface area contributed by atoms with Crippen molar-refractivity contribution in [2.24, 2.45) is 0 Å². The molecule has 0 heterocycles. The average Bonchev–Trinajstić information content (AvgIpc) is 1.82. The monoisotopic (exact) mass is 213 g/mol.